The van der Waals surface area contributed by atoms with Crippen LogP contribution in [0.4, 0.5) is 5.82 Å². The van der Waals surface area contributed by atoms with Gasteiger partial charge in [-0.15, -0.1) is 0 Å². The fourth-order valence-electron chi connectivity index (χ4n) is 3.13. The zero-order chi connectivity index (χ0) is 18.0. The number of aromatic nitrogens is 1. The summed E-state index contributed by atoms with van der Waals surface area (Å²) in [5.41, 5.74) is 9.78. The van der Waals surface area contributed by atoms with Gasteiger partial charge in [0.1, 0.15) is 5.82 Å². The van der Waals surface area contributed by atoms with Crippen molar-refractivity contribution in [2.24, 2.45) is 5.73 Å². The number of nitrogens with two attached hydrogens (primary N) is 1. The first kappa shape index (κ1) is 17.3. The highest BCUT2D eigenvalue weighted by atomic mass is 15.2. The van der Waals surface area contributed by atoms with Crippen LogP contribution in [0, 0.1) is 17.7 Å². The zero-order valence-electron chi connectivity index (χ0n) is 14.8. The Bertz CT molecular complexity index is 845. The lowest BCUT2D eigenvalue weighted by Crippen LogP contribution is -2.40. The number of hydrogen-bond acceptors (Lipinski definition) is 5. The average molecular weight is 335 g/mol. The van der Waals surface area contributed by atoms with Crippen LogP contribution < -0.4 is 10.6 Å². The molecule has 0 bridgehead atoms. The highest BCUT2D eigenvalue weighted by molar-refractivity contribution is 6.13. The number of nitrogens with one attached hydrogen (secondary N) is 2. The maximum absolute atomic E-state index is 8.48. The van der Waals surface area contributed by atoms with E-state index in [0.717, 1.165) is 48.2 Å². The molecule has 1 aromatic heterocycles. The fourth-order valence-corrected chi connectivity index (χ4v) is 3.13. The maximum atomic E-state index is 8.48. The van der Waals surface area contributed by atoms with Crippen LogP contribution in [-0.2, 0) is 0 Å². The van der Waals surface area contributed by atoms with E-state index >= 15 is 0 Å². The summed E-state index contributed by atoms with van der Waals surface area (Å²) in [6.45, 7) is 5.49. The Balaban J connectivity index is 2.08. The van der Waals surface area contributed by atoms with E-state index < -0.39 is 0 Å². The SMILES string of the molecule is CC(=N)/C=C\C(=N)c1cc2cc(C)ccc2nc1N1CCC(N)CC1. The van der Waals surface area contributed by atoms with Gasteiger partial charge < -0.3 is 21.5 Å². The average Bonchev–Trinajstić information content (AvgIpc) is 2.59. The number of allylic oxidation sites excluding steroid dienone is 2. The molecule has 5 nitrogen and oxygen atoms in total. The predicted molar refractivity (Wildman–Crippen MR) is 105 cm³/mol. The van der Waals surface area contributed by atoms with Crippen molar-refractivity contribution in [3.8, 4) is 0 Å². The highest BCUT2D eigenvalue weighted by Gasteiger charge is 2.21. The van der Waals surface area contributed by atoms with Crippen molar-refractivity contribution in [2.45, 2.75) is 32.7 Å². The third-order valence-electron chi connectivity index (χ3n) is 4.58. The van der Waals surface area contributed by atoms with Gasteiger partial charge in [0.05, 0.1) is 11.2 Å². The van der Waals surface area contributed by atoms with Gasteiger partial charge in [-0.25, -0.2) is 4.98 Å². The molecule has 0 spiro atoms. The highest BCUT2D eigenvalue weighted by Crippen LogP contribution is 2.27. The van der Waals surface area contributed by atoms with Crippen LogP contribution in [-0.4, -0.2) is 35.5 Å². The molecule has 1 aromatic carbocycles. The molecule has 25 heavy (non-hydrogen) atoms. The summed E-state index contributed by atoms with van der Waals surface area (Å²) in [4.78, 5) is 7.10. The van der Waals surface area contributed by atoms with Crippen molar-refractivity contribution in [3.63, 3.8) is 0 Å². The van der Waals surface area contributed by atoms with Crippen LogP contribution >= 0.6 is 0 Å². The van der Waals surface area contributed by atoms with E-state index in [9.17, 15) is 0 Å². The molecular formula is C20H25N5. The lowest BCUT2D eigenvalue weighted by molar-refractivity contribution is 0.499. The van der Waals surface area contributed by atoms with E-state index in [1.807, 2.05) is 12.1 Å². The minimum Gasteiger partial charge on any atom is -0.356 e. The van der Waals surface area contributed by atoms with Gasteiger partial charge in [-0.2, -0.15) is 0 Å². The number of anilines is 1. The van der Waals surface area contributed by atoms with Crippen LogP contribution in [0.25, 0.3) is 10.9 Å². The second-order valence-corrected chi connectivity index (χ2v) is 6.81. The number of hydrogen-bond donors (Lipinski definition) is 3. The molecule has 5 heteroatoms. The number of aryl methyl sites for hydroxylation is 1. The van der Waals surface area contributed by atoms with Crippen molar-refractivity contribution in [2.75, 3.05) is 18.0 Å². The lowest BCUT2D eigenvalue weighted by atomic mass is 10.0. The van der Waals surface area contributed by atoms with Gasteiger partial charge >= 0.3 is 0 Å². The van der Waals surface area contributed by atoms with Gasteiger partial charge in [0, 0.05) is 35.8 Å². The normalized spacial score (nSPS) is 15.9. The maximum Gasteiger partial charge on any atom is 0.138 e. The van der Waals surface area contributed by atoms with E-state index in [2.05, 4.69) is 24.0 Å². The Kier molecular flexibility index (Phi) is 4.95. The van der Waals surface area contributed by atoms with Crippen LogP contribution in [0.2, 0.25) is 0 Å². The first-order chi connectivity index (χ1) is 11.9. The molecule has 3 rings (SSSR count). The van der Waals surface area contributed by atoms with E-state index in [4.69, 9.17) is 21.5 Å². The van der Waals surface area contributed by atoms with Crippen molar-refractivity contribution in [1.82, 2.24) is 4.98 Å². The molecule has 1 fully saturated rings. The molecule has 0 aliphatic carbocycles. The van der Waals surface area contributed by atoms with Crippen molar-refractivity contribution < 1.29 is 0 Å². The lowest BCUT2D eigenvalue weighted by Gasteiger charge is -2.32. The molecule has 0 radical (unpaired) electrons. The summed E-state index contributed by atoms with van der Waals surface area (Å²) in [7, 11) is 0. The topological polar surface area (TPSA) is 89.9 Å². The smallest absolute Gasteiger partial charge is 0.138 e. The molecule has 1 saturated heterocycles. The van der Waals surface area contributed by atoms with Gasteiger partial charge in [-0.05, 0) is 57.0 Å². The summed E-state index contributed by atoms with van der Waals surface area (Å²) in [6, 6.07) is 8.50. The van der Waals surface area contributed by atoms with Gasteiger partial charge in [-0.3, -0.25) is 0 Å². The zero-order valence-corrected chi connectivity index (χ0v) is 14.8. The summed E-state index contributed by atoms with van der Waals surface area (Å²) in [6.07, 6.45) is 5.21. The molecule has 0 atom stereocenters. The standard InChI is InChI=1S/C20H25N5/c1-13-3-6-19-15(11-13)12-17(18(23)5-4-14(2)21)20(24-19)25-9-7-16(22)8-10-25/h3-6,11-12,16,21,23H,7-10,22H2,1-2H3/b5-4-,21-14?,23-18?. The monoisotopic (exact) mass is 335 g/mol. The van der Waals surface area contributed by atoms with Gasteiger partial charge in [0.25, 0.3) is 0 Å². The second kappa shape index (κ2) is 7.15. The van der Waals surface area contributed by atoms with Crippen molar-refractivity contribution >= 4 is 28.1 Å². The predicted octanol–water partition coefficient (Wildman–Crippen LogP) is 3.43. The van der Waals surface area contributed by atoms with Crippen LogP contribution in [0.3, 0.4) is 0 Å². The molecule has 130 valence electrons. The molecule has 0 amide bonds. The van der Waals surface area contributed by atoms with E-state index in [0.29, 0.717) is 11.4 Å². The van der Waals surface area contributed by atoms with Crippen molar-refractivity contribution in [3.05, 3.63) is 47.5 Å². The summed E-state index contributed by atoms with van der Waals surface area (Å²) >= 11 is 0. The first-order valence-electron chi connectivity index (χ1n) is 8.68. The number of piperidine rings is 1. The van der Waals surface area contributed by atoms with Crippen LogP contribution in [0.15, 0.2) is 36.4 Å². The molecule has 2 heterocycles. The minimum atomic E-state index is 0.253. The van der Waals surface area contributed by atoms with Gasteiger partial charge in [-0.1, -0.05) is 11.6 Å². The Morgan fingerprint density at radius 1 is 1.20 bits per heavy atom. The number of benzene rings is 1. The molecular weight excluding hydrogens is 310 g/mol. The minimum absolute atomic E-state index is 0.253. The van der Waals surface area contributed by atoms with E-state index in [-0.39, 0.29) is 6.04 Å². The largest absolute Gasteiger partial charge is 0.356 e. The molecule has 1 aliphatic heterocycles. The fraction of sp³-hybridized carbons (Fsp3) is 0.350. The van der Waals surface area contributed by atoms with Crippen LogP contribution in [0.1, 0.15) is 30.9 Å². The van der Waals surface area contributed by atoms with Gasteiger partial charge in [0.15, 0.2) is 0 Å². The van der Waals surface area contributed by atoms with Crippen molar-refractivity contribution in [1.29, 1.82) is 10.8 Å². The Labute approximate surface area is 148 Å². The summed E-state index contributed by atoms with van der Waals surface area (Å²) < 4.78 is 0. The summed E-state index contributed by atoms with van der Waals surface area (Å²) in [5.74, 6) is 0.848. The number of nitrogens with zero attached hydrogens (tertiary/aromatic N) is 2. The number of fused-ring (bicyclic) bond motifs is 1. The Morgan fingerprint density at radius 2 is 1.92 bits per heavy atom. The molecule has 0 saturated carbocycles. The van der Waals surface area contributed by atoms with E-state index in [1.165, 1.54) is 5.56 Å². The second-order valence-electron chi connectivity index (χ2n) is 6.81. The quantitative estimate of drug-likeness (QED) is 0.748. The third kappa shape index (κ3) is 3.94. The Morgan fingerprint density at radius 3 is 2.60 bits per heavy atom. The number of pyridine rings is 1. The Hall–Kier alpha value is -2.53. The molecule has 0 unspecified atom stereocenters. The first-order valence-corrected chi connectivity index (χ1v) is 8.68. The van der Waals surface area contributed by atoms with Crippen LogP contribution in [0.5, 0.6) is 0 Å². The van der Waals surface area contributed by atoms with Gasteiger partial charge in [0.2, 0.25) is 0 Å². The molecule has 1 aliphatic rings. The molecule has 2 aromatic rings. The number of rotatable bonds is 4. The third-order valence-corrected chi connectivity index (χ3v) is 4.58. The van der Waals surface area contributed by atoms with E-state index in [1.54, 1.807) is 19.1 Å². The summed E-state index contributed by atoms with van der Waals surface area (Å²) in [5, 5.41) is 17.1. The molecule has 4 N–H and O–H groups in total.